The molecule has 0 saturated carbocycles. The maximum absolute atomic E-state index is 12.2. The van der Waals surface area contributed by atoms with E-state index in [2.05, 4.69) is 24.5 Å². The number of hydrogen-bond donors (Lipinski definition) is 2. The first kappa shape index (κ1) is 21.8. The Labute approximate surface area is 157 Å². The van der Waals surface area contributed by atoms with Crippen molar-refractivity contribution >= 4 is 12.1 Å². The molecule has 26 heavy (non-hydrogen) atoms. The van der Waals surface area contributed by atoms with Crippen LogP contribution < -0.4 is 10.6 Å². The van der Waals surface area contributed by atoms with Gasteiger partial charge in [-0.2, -0.15) is 0 Å². The molecule has 3 amide bonds. The highest BCUT2D eigenvalue weighted by atomic mass is 16.6. The number of carbonyl (C=O) groups is 2. The second-order valence-electron chi connectivity index (χ2n) is 7.89. The van der Waals surface area contributed by atoms with E-state index >= 15 is 0 Å². The molecular weight excluding hydrogens is 330 g/mol. The molecule has 0 bridgehead atoms. The molecule has 0 saturated heterocycles. The third kappa shape index (κ3) is 8.74. The van der Waals surface area contributed by atoms with Gasteiger partial charge in [0.1, 0.15) is 5.60 Å². The van der Waals surface area contributed by atoms with Gasteiger partial charge in [-0.25, -0.2) is 9.59 Å². The van der Waals surface area contributed by atoms with E-state index in [0.717, 1.165) is 12.0 Å². The summed E-state index contributed by atoms with van der Waals surface area (Å²) in [5, 5.41) is 5.83. The summed E-state index contributed by atoms with van der Waals surface area (Å²) in [6.45, 7) is 10.5. The number of urea groups is 1. The highest BCUT2D eigenvalue weighted by Crippen LogP contribution is 2.20. The predicted octanol–water partition coefficient (Wildman–Crippen LogP) is 3.94. The Balaban J connectivity index is 2.47. The number of amides is 3. The Bertz CT molecular complexity index is 567. The number of nitrogens with zero attached hydrogens (tertiary/aromatic N) is 1. The van der Waals surface area contributed by atoms with Gasteiger partial charge < -0.3 is 20.3 Å². The molecule has 1 aromatic rings. The molecule has 146 valence electrons. The highest BCUT2D eigenvalue weighted by molar-refractivity contribution is 5.74. The molecule has 1 rings (SSSR count). The standard InChI is InChI=1S/C20H33N3O3/c1-15(2)14-17(16-10-8-7-9-11-16)22-18(24)21-12-13-23(6)19(25)26-20(3,4)5/h7-11,15,17H,12-14H2,1-6H3,(H2,21,22,24). The molecule has 0 spiro atoms. The van der Waals surface area contributed by atoms with E-state index in [9.17, 15) is 9.59 Å². The molecule has 1 atom stereocenters. The summed E-state index contributed by atoms with van der Waals surface area (Å²) in [7, 11) is 1.65. The second-order valence-corrected chi connectivity index (χ2v) is 7.89. The van der Waals surface area contributed by atoms with Crippen LogP contribution in [-0.4, -0.2) is 42.8 Å². The zero-order valence-corrected chi connectivity index (χ0v) is 16.8. The lowest BCUT2D eigenvalue weighted by molar-refractivity contribution is 0.0301. The van der Waals surface area contributed by atoms with Crippen molar-refractivity contribution in [2.75, 3.05) is 20.1 Å². The van der Waals surface area contributed by atoms with Crippen LogP contribution in [0.15, 0.2) is 30.3 Å². The molecule has 0 fully saturated rings. The first-order valence-electron chi connectivity index (χ1n) is 9.12. The molecule has 0 aliphatic heterocycles. The highest BCUT2D eigenvalue weighted by Gasteiger charge is 2.20. The number of nitrogens with one attached hydrogen (secondary N) is 2. The Morgan fingerprint density at radius 3 is 2.31 bits per heavy atom. The monoisotopic (exact) mass is 363 g/mol. The van der Waals surface area contributed by atoms with Crippen LogP contribution in [0.5, 0.6) is 0 Å². The molecule has 0 aliphatic carbocycles. The van der Waals surface area contributed by atoms with Gasteiger partial charge in [-0.05, 0) is 38.7 Å². The second kappa shape index (κ2) is 10.0. The molecule has 0 heterocycles. The maximum Gasteiger partial charge on any atom is 0.410 e. The van der Waals surface area contributed by atoms with Gasteiger partial charge in [0, 0.05) is 20.1 Å². The minimum atomic E-state index is -0.532. The Hall–Kier alpha value is -2.24. The van der Waals surface area contributed by atoms with Gasteiger partial charge in [-0.1, -0.05) is 44.2 Å². The lowest BCUT2D eigenvalue weighted by Gasteiger charge is -2.25. The minimum absolute atomic E-state index is 0.0419. The van der Waals surface area contributed by atoms with E-state index in [1.807, 2.05) is 51.1 Å². The summed E-state index contributed by atoms with van der Waals surface area (Å²) in [6, 6.07) is 9.66. The van der Waals surface area contributed by atoms with Crippen LogP contribution in [0.4, 0.5) is 9.59 Å². The van der Waals surface area contributed by atoms with E-state index in [1.54, 1.807) is 7.05 Å². The lowest BCUT2D eigenvalue weighted by Crippen LogP contribution is -2.43. The third-order valence-electron chi connectivity index (χ3n) is 3.65. The van der Waals surface area contributed by atoms with E-state index in [0.29, 0.717) is 19.0 Å². The summed E-state index contributed by atoms with van der Waals surface area (Å²) in [6.07, 6.45) is 0.455. The van der Waals surface area contributed by atoms with Crippen molar-refractivity contribution in [3.05, 3.63) is 35.9 Å². The number of benzene rings is 1. The molecule has 0 aromatic heterocycles. The molecule has 0 aliphatic rings. The Kier molecular flexibility index (Phi) is 8.42. The number of hydrogen-bond acceptors (Lipinski definition) is 3. The van der Waals surface area contributed by atoms with Gasteiger partial charge in [-0.15, -0.1) is 0 Å². The fraction of sp³-hybridized carbons (Fsp3) is 0.600. The lowest BCUT2D eigenvalue weighted by atomic mass is 9.97. The molecule has 1 unspecified atom stereocenters. The van der Waals surface area contributed by atoms with Gasteiger partial charge in [0.05, 0.1) is 6.04 Å². The SMILES string of the molecule is CC(C)CC(NC(=O)NCCN(C)C(=O)OC(C)(C)C)c1ccccc1. The van der Waals surface area contributed by atoms with E-state index in [4.69, 9.17) is 4.74 Å². The smallest absolute Gasteiger partial charge is 0.410 e. The summed E-state index contributed by atoms with van der Waals surface area (Å²) in [5.74, 6) is 0.457. The summed E-state index contributed by atoms with van der Waals surface area (Å²) >= 11 is 0. The molecule has 6 heteroatoms. The predicted molar refractivity (Wildman–Crippen MR) is 104 cm³/mol. The molecule has 1 aromatic carbocycles. The van der Waals surface area contributed by atoms with Crippen LogP contribution in [0.3, 0.4) is 0 Å². The van der Waals surface area contributed by atoms with Crippen molar-refractivity contribution in [3.63, 3.8) is 0 Å². The van der Waals surface area contributed by atoms with Gasteiger partial charge in [-0.3, -0.25) is 0 Å². The van der Waals surface area contributed by atoms with Gasteiger partial charge in [0.2, 0.25) is 0 Å². The summed E-state index contributed by atoms with van der Waals surface area (Å²) < 4.78 is 5.28. The molecule has 6 nitrogen and oxygen atoms in total. The first-order chi connectivity index (χ1) is 12.1. The normalized spacial score (nSPS) is 12.4. The van der Waals surface area contributed by atoms with Gasteiger partial charge >= 0.3 is 12.1 Å². The Morgan fingerprint density at radius 2 is 1.77 bits per heavy atom. The zero-order valence-electron chi connectivity index (χ0n) is 16.8. The number of likely N-dealkylation sites (N-methyl/N-ethyl adjacent to an activating group) is 1. The van der Waals surface area contributed by atoms with Crippen LogP contribution >= 0.6 is 0 Å². The van der Waals surface area contributed by atoms with E-state index < -0.39 is 11.7 Å². The minimum Gasteiger partial charge on any atom is -0.444 e. The van der Waals surface area contributed by atoms with E-state index in [-0.39, 0.29) is 12.1 Å². The molecule has 2 N–H and O–H groups in total. The van der Waals surface area contributed by atoms with Crippen LogP contribution in [-0.2, 0) is 4.74 Å². The van der Waals surface area contributed by atoms with Crippen LogP contribution in [0.25, 0.3) is 0 Å². The fourth-order valence-electron chi connectivity index (χ4n) is 2.41. The largest absolute Gasteiger partial charge is 0.444 e. The number of carbonyl (C=O) groups excluding carboxylic acids is 2. The topological polar surface area (TPSA) is 70.7 Å². The first-order valence-corrected chi connectivity index (χ1v) is 9.12. The van der Waals surface area contributed by atoms with Crippen molar-refractivity contribution in [1.82, 2.24) is 15.5 Å². The van der Waals surface area contributed by atoms with Crippen molar-refractivity contribution < 1.29 is 14.3 Å². The zero-order chi connectivity index (χ0) is 19.7. The molecule has 0 radical (unpaired) electrons. The van der Waals surface area contributed by atoms with Crippen molar-refractivity contribution in [2.24, 2.45) is 5.92 Å². The van der Waals surface area contributed by atoms with Crippen LogP contribution in [0.1, 0.15) is 52.6 Å². The summed E-state index contributed by atoms with van der Waals surface area (Å²) in [4.78, 5) is 25.6. The molecular formula is C20H33N3O3. The van der Waals surface area contributed by atoms with Crippen molar-refractivity contribution in [2.45, 2.75) is 52.7 Å². The van der Waals surface area contributed by atoms with Crippen molar-refractivity contribution in [3.8, 4) is 0 Å². The summed E-state index contributed by atoms with van der Waals surface area (Å²) in [5.41, 5.74) is 0.554. The van der Waals surface area contributed by atoms with Gasteiger partial charge in [0.25, 0.3) is 0 Å². The Morgan fingerprint density at radius 1 is 1.15 bits per heavy atom. The number of ether oxygens (including phenoxy) is 1. The van der Waals surface area contributed by atoms with Crippen molar-refractivity contribution in [1.29, 1.82) is 0 Å². The van der Waals surface area contributed by atoms with E-state index in [1.165, 1.54) is 4.90 Å². The average Bonchev–Trinajstić information content (AvgIpc) is 2.53. The van der Waals surface area contributed by atoms with Crippen LogP contribution in [0.2, 0.25) is 0 Å². The van der Waals surface area contributed by atoms with Gasteiger partial charge in [0.15, 0.2) is 0 Å². The average molecular weight is 364 g/mol. The third-order valence-corrected chi connectivity index (χ3v) is 3.65. The fourth-order valence-corrected chi connectivity index (χ4v) is 2.41. The number of rotatable bonds is 7. The van der Waals surface area contributed by atoms with Crippen LogP contribution in [0, 0.1) is 5.92 Å². The maximum atomic E-state index is 12.2. The quantitative estimate of drug-likeness (QED) is 0.771.